The highest BCUT2D eigenvalue weighted by molar-refractivity contribution is 5.75. The molecule has 1 aromatic rings. The minimum absolute atomic E-state index is 0.0470. The lowest BCUT2D eigenvalue weighted by Crippen LogP contribution is -2.31. The lowest BCUT2D eigenvalue weighted by Gasteiger charge is -2.25. The van der Waals surface area contributed by atoms with Crippen molar-refractivity contribution in [1.82, 2.24) is 0 Å². The Balaban J connectivity index is 2.13. The molecule has 0 spiro atoms. The quantitative estimate of drug-likeness (QED) is 0.774. The van der Waals surface area contributed by atoms with E-state index in [4.69, 9.17) is 4.74 Å². The van der Waals surface area contributed by atoms with Crippen molar-refractivity contribution >= 4 is 11.7 Å². The van der Waals surface area contributed by atoms with Crippen LogP contribution in [0.2, 0.25) is 0 Å². The molecule has 0 saturated carbocycles. The van der Waals surface area contributed by atoms with E-state index >= 15 is 0 Å². The zero-order valence-corrected chi connectivity index (χ0v) is 9.75. The molecule has 1 unspecified atom stereocenters. The van der Waals surface area contributed by atoms with Crippen LogP contribution in [0.15, 0.2) is 18.2 Å². The molecular formula is C13H17NO2. The molecule has 1 aliphatic rings. The second-order valence-electron chi connectivity index (χ2n) is 4.19. The van der Waals surface area contributed by atoms with E-state index in [0.29, 0.717) is 13.2 Å². The molecule has 1 aliphatic heterocycles. The van der Waals surface area contributed by atoms with Crippen molar-refractivity contribution in [3.05, 3.63) is 29.3 Å². The summed E-state index contributed by atoms with van der Waals surface area (Å²) in [4.78, 5) is 11.6. The molecule has 0 bridgehead atoms. The first-order chi connectivity index (χ1) is 7.70. The topological polar surface area (TPSA) is 38.3 Å². The molecule has 0 aliphatic carbocycles. The normalized spacial score (nSPS) is 18.5. The van der Waals surface area contributed by atoms with E-state index in [1.807, 2.05) is 6.92 Å². The Morgan fingerprint density at radius 2 is 2.38 bits per heavy atom. The van der Waals surface area contributed by atoms with Crippen LogP contribution in [-0.2, 0) is 16.0 Å². The van der Waals surface area contributed by atoms with Gasteiger partial charge in [0.2, 0.25) is 0 Å². The standard InChI is InChI=1S/C13H17NO2/c1-3-16-13(15)11-7-10-6-9(2)4-5-12(10)14-8-11/h4-6,11,14H,3,7-8H2,1-2H3. The molecule has 16 heavy (non-hydrogen) atoms. The predicted molar refractivity (Wildman–Crippen MR) is 63.5 cm³/mol. The molecule has 0 aromatic heterocycles. The summed E-state index contributed by atoms with van der Waals surface area (Å²) in [6, 6.07) is 6.29. The van der Waals surface area contributed by atoms with Crippen molar-refractivity contribution < 1.29 is 9.53 Å². The Hall–Kier alpha value is -1.51. The van der Waals surface area contributed by atoms with Gasteiger partial charge in [0.25, 0.3) is 0 Å². The van der Waals surface area contributed by atoms with Crippen molar-refractivity contribution in [2.24, 2.45) is 5.92 Å². The number of esters is 1. The summed E-state index contributed by atoms with van der Waals surface area (Å²) in [6.45, 7) is 5.03. The number of nitrogens with one attached hydrogen (secondary N) is 1. The molecule has 3 nitrogen and oxygen atoms in total. The second kappa shape index (κ2) is 4.56. The Morgan fingerprint density at radius 3 is 3.12 bits per heavy atom. The maximum absolute atomic E-state index is 11.6. The van der Waals surface area contributed by atoms with Crippen molar-refractivity contribution in [2.45, 2.75) is 20.3 Å². The highest BCUT2D eigenvalue weighted by Gasteiger charge is 2.25. The van der Waals surface area contributed by atoms with Gasteiger partial charge in [-0.25, -0.2) is 0 Å². The van der Waals surface area contributed by atoms with E-state index in [1.165, 1.54) is 11.1 Å². The minimum atomic E-state index is -0.0952. The number of carbonyl (C=O) groups excluding carboxylic acids is 1. The maximum Gasteiger partial charge on any atom is 0.311 e. The van der Waals surface area contributed by atoms with Gasteiger partial charge in [-0.1, -0.05) is 17.7 Å². The number of aryl methyl sites for hydroxylation is 1. The average Bonchev–Trinajstić information content (AvgIpc) is 2.28. The number of carbonyl (C=O) groups is 1. The summed E-state index contributed by atoms with van der Waals surface area (Å²) >= 11 is 0. The number of rotatable bonds is 2. The van der Waals surface area contributed by atoms with Crippen LogP contribution in [0.4, 0.5) is 5.69 Å². The van der Waals surface area contributed by atoms with E-state index in [9.17, 15) is 4.79 Å². The third kappa shape index (κ3) is 2.18. The number of hydrogen-bond acceptors (Lipinski definition) is 3. The van der Waals surface area contributed by atoms with Gasteiger partial charge in [0.05, 0.1) is 12.5 Å². The Bertz CT molecular complexity index is 401. The van der Waals surface area contributed by atoms with E-state index < -0.39 is 0 Å². The molecule has 0 radical (unpaired) electrons. The van der Waals surface area contributed by atoms with Gasteiger partial charge in [-0.2, -0.15) is 0 Å². The summed E-state index contributed by atoms with van der Waals surface area (Å²) in [5.74, 6) is -0.142. The number of benzene rings is 1. The van der Waals surface area contributed by atoms with Gasteiger partial charge in [0, 0.05) is 12.2 Å². The fourth-order valence-corrected chi connectivity index (χ4v) is 2.06. The number of hydrogen-bond donors (Lipinski definition) is 1. The zero-order valence-electron chi connectivity index (χ0n) is 9.75. The van der Waals surface area contributed by atoms with E-state index in [0.717, 1.165) is 12.1 Å². The number of ether oxygens (including phenoxy) is 1. The van der Waals surface area contributed by atoms with Crippen molar-refractivity contribution in [3.63, 3.8) is 0 Å². The summed E-state index contributed by atoms with van der Waals surface area (Å²) in [6.07, 6.45) is 0.781. The highest BCUT2D eigenvalue weighted by atomic mass is 16.5. The Morgan fingerprint density at radius 1 is 1.56 bits per heavy atom. The van der Waals surface area contributed by atoms with Crippen LogP contribution in [0.3, 0.4) is 0 Å². The Labute approximate surface area is 95.8 Å². The fourth-order valence-electron chi connectivity index (χ4n) is 2.06. The zero-order chi connectivity index (χ0) is 11.5. The molecule has 0 saturated heterocycles. The molecule has 1 atom stereocenters. The SMILES string of the molecule is CCOC(=O)C1CNc2ccc(C)cc2C1. The van der Waals surface area contributed by atoms with Crippen LogP contribution in [0.5, 0.6) is 0 Å². The van der Waals surface area contributed by atoms with Crippen LogP contribution in [0, 0.1) is 12.8 Å². The third-order valence-electron chi connectivity index (χ3n) is 2.89. The number of fused-ring (bicyclic) bond motifs is 1. The highest BCUT2D eigenvalue weighted by Crippen LogP contribution is 2.26. The smallest absolute Gasteiger partial charge is 0.311 e. The van der Waals surface area contributed by atoms with Crippen LogP contribution < -0.4 is 5.32 Å². The van der Waals surface area contributed by atoms with Gasteiger partial charge in [-0.05, 0) is 31.9 Å². The maximum atomic E-state index is 11.6. The first-order valence-corrected chi connectivity index (χ1v) is 5.70. The van der Waals surface area contributed by atoms with Crippen LogP contribution in [0.25, 0.3) is 0 Å². The molecule has 0 fully saturated rings. The van der Waals surface area contributed by atoms with Gasteiger partial charge in [-0.3, -0.25) is 4.79 Å². The van der Waals surface area contributed by atoms with Gasteiger partial charge >= 0.3 is 5.97 Å². The molecule has 2 rings (SSSR count). The van der Waals surface area contributed by atoms with Crippen LogP contribution in [-0.4, -0.2) is 19.1 Å². The van der Waals surface area contributed by atoms with Gasteiger partial charge < -0.3 is 10.1 Å². The lowest BCUT2D eigenvalue weighted by molar-refractivity contribution is -0.147. The second-order valence-corrected chi connectivity index (χ2v) is 4.19. The summed E-state index contributed by atoms with van der Waals surface area (Å²) in [7, 11) is 0. The van der Waals surface area contributed by atoms with E-state index in [-0.39, 0.29) is 11.9 Å². The molecule has 3 heteroatoms. The first kappa shape index (κ1) is 11.0. The molecule has 1 aromatic carbocycles. The van der Waals surface area contributed by atoms with Gasteiger partial charge in [0.15, 0.2) is 0 Å². The van der Waals surface area contributed by atoms with E-state index in [1.54, 1.807) is 0 Å². The molecule has 1 N–H and O–H groups in total. The minimum Gasteiger partial charge on any atom is -0.466 e. The number of anilines is 1. The van der Waals surface area contributed by atoms with Gasteiger partial charge in [-0.15, -0.1) is 0 Å². The van der Waals surface area contributed by atoms with Crippen LogP contribution in [0.1, 0.15) is 18.1 Å². The van der Waals surface area contributed by atoms with Crippen LogP contribution >= 0.6 is 0 Å². The average molecular weight is 219 g/mol. The van der Waals surface area contributed by atoms with E-state index in [2.05, 4.69) is 30.4 Å². The largest absolute Gasteiger partial charge is 0.466 e. The third-order valence-corrected chi connectivity index (χ3v) is 2.89. The Kier molecular flexibility index (Phi) is 3.13. The van der Waals surface area contributed by atoms with Crippen molar-refractivity contribution in [2.75, 3.05) is 18.5 Å². The monoisotopic (exact) mass is 219 g/mol. The first-order valence-electron chi connectivity index (χ1n) is 5.70. The van der Waals surface area contributed by atoms with Crippen molar-refractivity contribution in [1.29, 1.82) is 0 Å². The molecule has 86 valence electrons. The summed E-state index contributed by atoms with van der Waals surface area (Å²) in [5, 5.41) is 3.28. The van der Waals surface area contributed by atoms with Gasteiger partial charge in [0.1, 0.15) is 0 Å². The molecular weight excluding hydrogens is 202 g/mol. The molecule has 1 heterocycles. The predicted octanol–water partition coefficient (Wildman–Crippen LogP) is 2.14. The lowest BCUT2D eigenvalue weighted by atomic mass is 9.93. The van der Waals surface area contributed by atoms with Crippen molar-refractivity contribution in [3.8, 4) is 0 Å². The fraction of sp³-hybridized carbons (Fsp3) is 0.462. The summed E-state index contributed by atoms with van der Waals surface area (Å²) < 4.78 is 5.05. The molecule has 0 amide bonds. The summed E-state index contributed by atoms with van der Waals surface area (Å²) in [5.41, 5.74) is 3.58.